The van der Waals surface area contributed by atoms with Gasteiger partial charge in [0.2, 0.25) is 0 Å². The third-order valence-corrected chi connectivity index (χ3v) is 5.62. The van der Waals surface area contributed by atoms with Gasteiger partial charge in [0.15, 0.2) is 0 Å². The van der Waals surface area contributed by atoms with Crippen LogP contribution in [0.15, 0.2) is 72.8 Å². The second kappa shape index (κ2) is 11.7. The normalized spacial score (nSPS) is 10.7. The maximum atomic E-state index is 13.9. The van der Waals surface area contributed by atoms with Crippen LogP contribution in [0.25, 0.3) is 0 Å². The van der Waals surface area contributed by atoms with Gasteiger partial charge in [-0.25, -0.2) is 4.79 Å². The van der Waals surface area contributed by atoms with Gasteiger partial charge in [0.1, 0.15) is 28.9 Å². The molecular weight excluding hydrogens is 450 g/mol. The lowest BCUT2D eigenvalue weighted by molar-refractivity contribution is -0.161. The zero-order valence-electron chi connectivity index (χ0n) is 19.8. The van der Waals surface area contributed by atoms with Crippen molar-refractivity contribution in [2.75, 3.05) is 21.3 Å². The first-order chi connectivity index (χ1) is 17.0. The third kappa shape index (κ3) is 5.43. The molecule has 3 aromatic rings. The fraction of sp³-hybridized carbons (Fsp3) is 0.222. The van der Waals surface area contributed by atoms with Gasteiger partial charge in [0, 0.05) is 12.8 Å². The van der Waals surface area contributed by atoms with Gasteiger partial charge in [-0.05, 0) is 53.1 Å². The molecule has 182 valence electrons. The number of benzene rings is 3. The summed E-state index contributed by atoms with van der Waals surface area (Å²) in [6.07, 6.45) is 0.541. The van der Waals surface area contributed by atoms with E-state index in [9.17, 15) is 14.4 Å². The molecule has 0 saturated carbocycles. The molecule has 8 heteroatoms. The van der Waals surface area contributed by atoms with Crippen LogP contribution in [0.2, 0.25) is 0 Å². The molecule has 8 nitrogen and oxygen atoms in total. The molecule has 0 aliphatic heterocycles. The van der Waals surface area contributed by atoms with Gasteiger partial charge in [-0.1, -0.05) is 36.4 Å². The summed E-state index contributed by atoms with van der Waals surface area (Å²) in [6.45, 7) is 0. The van der Waals surface area contributed by atoms with Crippen molar-refractivity contribution < 1.29 is 33.4 Å². The van der Waals surface area contributed by atoms with Crippen LogP contribution in [-0.2, 0) is 24.6 Å². The summed E-state index contributed by atoms with van der Waals surface area (Å²) in [4.78, 5) is 42.0. The van der Waals surface area contributed by atoms with Crippen LogP contribution >= 0.6 is 0 Å². The maximum absolute atomic E-state index is 13.9. The number of carbonyl (C=O) groups excluding carboxylic acids is 3. The van der Waals surface area contributed by atoms with Gasteiger partial charge in [0.25, 0.3) is 5.91 Å². The van der Waals surface area contributed by atoms with E-state index in [2.05, 4.69) is 5.48 Å². The summed E-state index contributed by atoms with van der Waals surface area (Å²) in [7, 11) is 4.66. The molecular formula is C27H27NO7. The largest absolute Gasteiger partial charge is 0.497 e. The molecule has 0 aliphatic carbocycles. The van der Waals surface area contributed by atoms with Crippen molar-refractivity contribution in [1.29, 1.82) is 0 Å². The Bertz CT molecular complexity index is 1020. The first-order valence-corrected chi connectivity index (χ1v) is 10.9. The minimum Gasteiger partial charge on any atom is -0.497 e. The van der Waals surface area contributed by atoms with E-state index in [1.54, 1.807) is 94.1 Å². The minimum absolute atomic E-state index is 0.0178. The molecule has 0 atom stereocenters. The lowest BCUT2D eigenvalue weighted by atomic mass is 9.69. The van der Waals surface area contributed by atoms with Crippen LogP contribution in [0.1, 0.15) is 29.5 Å². The summed E-state index contributed by atoms with van der Waals surface area (Å²) in [5.74, 6) is 0.518. The van der Waals surface area contributed by atoms with E-state index in [1.165, 1.54) is 0 Å². The van der Waals surface area contributed by atoms with E-state index in [-0.39, 0.29) is 12.8 Å². The Morgan fingerprint density at radius 2 is 1.09 bits per heavy atom. The number of ether oxygens (including phenoxy) is 3. The maximum Gasteiger partial charge on any atom is 0.351 e. The number of methoxy groups -OCH3 is 3. The highest BCUT2D eigenvalue weighted by Crippen LogP contribution is 2.42. The third-order valence-electron chi connectivity index (χ3n) is 5.62. The summed E-state index contributed by atoms with van der Waals surface area (Å²) in [6, 6.07) is 21.1. The van der Waals surface area contributed by atoms with E-state index in [4.69, 9.17) is 19.0 Å². The van der Waals surface area contributed by atoms with Crippen LogP contribution in [-0.4, -0.2) is 39.5 Å². The van der Waals surface area contributed by atoms with Gasteiger partial charge in [-0.3, -0.25) is 4.79 Å². The second-order valence-corrected chi connectivity index (χ2v) is 7.56. The van der Waals surface area contributed by atoms with Crippen LogP contribution in [0.4, 0.5) is 0 Å². The predicted octanol–water partition coefficient (Wildman–Crippen LogP) is 3.60. The fourth-order valence-corrected chi connectivity index (χ4v) is 3.80. The molecule has 3 rings (SSSR count). The van der Waals surface area contributed by atoms with E-state index >= 15 is 0 Å². The van der Waals surface area contributed by atoms with Gasteiger partial charge in [-0.2, -0.15) is 5.48 Å². The first-order valence-electron chi connectivity index (χ1n) is 10.9. The van der Waals surface area contributed by atoms with E-state index in [1.807, 2.05) is 0 Å². The molecule has 0 saturated heterocycles. The average Bonchev–Trinajstić information content (AvgIpc) is 2.92. The van der Waals surface area contributed by atoms with Gasteiger partial charge >= 0.3 is 5.97 Å². The van der Waals surface area contributed by atoms with Crippen molar-refractivity contribution >= 4 is 18.2 Å². The monoisotopic (exact) mass is 477 g/mol. The molecule has 0 bridgehead atoms. The average molecular weight is 478 g/mol. The van der Waals surface area contributed by atoms with Crippen LogP contribution in [0.3, 0.4) is 0 Å². The van der Waals surface area contributed by atoms with Crippen molar-refractivity contribution in [3.05, 3.63) is 89.5 Å². The zero-order chi connectivity index (χ0) is 25.3. The number of hydrogen-bond donors (Lipinski definition) is 1. The Morgan fingerprint density at radius 3 is 1.40 bits per heavy atom. The minimum atomic E-state index is -1.47. The van der Waals surface area contributed by atoms with Crippen molar-refractivity contribution in [2.45, 2.75) is 18.3 Å². The molecule has 35 heavy (non-hydrogen) atoms. The highest BCUT2D eigenvalue weighted by Gasteiger charge is 2.46. The molecule has 1 N–H and O–H groups in total. The Balaban J connectivity index is 2.20. The number of rotatable bonds is 10. The quantitative estimate of drug-likeness (QED) is 0.271. The van der Waals surface area contributed by atoms with Crippen LogP contribution < -0.4 is 19.7 Å². The van der Waals surface area contributed by atoms with Crippen molar-refractivity contribution in [3.63, 3.8) is 0 Å². The van der Waals surface area contributed by atoms with E-state index in [0.717, 1.165) is 0 Å². The van der Waals surface area contributed by atoms with E-state index in [0.29, 0.717) is 40.2 Å². The number of nitrogens with one attached hydrogen (secondary N) is 1. The van der Waals surface area contributed by atoms with Gasteiger partial charge < -0.3 is 23.8 Å². The Kier molecular flexibility index (Phi) is 8.45. The molecule has 0 unspecified atom stereocenters. The number of carbonyl (C=O) groups is 3. The van der Waals surface area contributed by atoms with Crippen molar-refractivity contribution in [1.82, 2.24) is 5.48 Å². The lowest BCUT2D eigenvalue weighted by Gasteiger charge is -2.33. The van der Waals surface area contributed by atoms with Crippen LogP contribution in [0, 0.1) is 0 Å². The Labute approximate surface area is 203 Å². The molecule has 1 amide bonds. The topological polar surface area (TPSA) is 100 Å². The van der Waals surface area contributed by atoms with Crippen molar-refractivity contribution in [3.8, 4) is 17.2 Å². The van der Waals surface area contributed by atoms with E-state index < -0.39 is 17.3 Å². The summed E-state index contributed by atoms with van der Waals surface area (Å²) in [5.41, 5.74) is 2.46. The molecule has 0 heterocycles. The second-order valence-electron chi connectivity index (χ2n) is 7.56. The number of hydrogen-bond acceptors (Lipinski definition) is 7. The molecule has 0 fully saturated rings. The standard InChI is InChI=1S/C27H27NO7/c1-32-22-12-6-19(7-13-22)27(20-8-14-23(33-2)15-9-20,21-10-16-24(34-3)17-11-21)26(31)35-28-25(30)5-4-18-29/h6-18H,4-5H2,1-3H3,(H,28,30). The van der Waals surface area contributed by atoms with Gasteiger partial charge in [0.05, 0.1) is 21.3 Å². The molecule has 0 aliphatic rings. The predicted molar refractivity (Wildman–Crippen MR) is 128 cm³/mol. The van der Waals surface area contributed by atoms with Gasteiger partial charge in [-0.15, -0.1) is 0 Å². The first kappa shape index (κ1) is 25.3. The summed E-state index contributed by atoms with van der Waals surface area (Å²) in [5, 5.41) is 0. The summed E-state index contributed by atoms with van der Waals surface area (Å²) >= 11 is 0. The van der Waals surface area contributed by atoms with Crippen LogP contribution in [0.5, 0.6) is 17.2 Å². The molecule has 0 radical (unpaired) electrons. The number of amides is 1. The Hall–Kier alpha value is -4.33. The highest BCUT2D eigenvalue weighted by atomic mass is 16.7. The molecule has 3 aromatic carbocycles. The summed E-state index contributed by atoms with van der Waals surface area (Å²) < 4.78 is 15.9. The highest BCUT2D eigenvalue weighted by molar-refractivity contribution is 5.93. The fourth-order valence-electron chi connectivity index (χ4n) is 3.80. The zero-order valence-corrected chi connectivity index (χ0v) is 19.8. The molecule has 0 aromatic heterocycles. The lowest BCUT2D eigenvalue weighted by Crippen LogP contribution is -2.43. The molecule has 0 spiro atoms. The smallest absolute Gasteiger partial charge is 0.351 e. The number of hydroxylamine groups is 1. The number of aldehydes is 1. The SMILES string of the molecule is COc1ccc(C(C(=O)ONC(=O)CCC=O)(c2ccc(OC)cc2)c2ccc(OC)cc2)cc1. The Morgan fingerprint density at radius 1 is 0.714 bits per heavy atom. The van der Waals surface area contributed by atoms with Crippen molar-refractivity contribution in [2.24, 2.45) is 0 Å².